The molecule has 0 amide bonds. The number of aromatic nitrogens is 2. The zero-order chi connectivity index (χ0) is 28.3. The highest BCUT2D eigenvalue weighted by molar-refractivity contribution is 9.10. The van der Waals surface area contributed by atoms with Crippen LogP contribution in [-0.4, -0.2) is 36.2 Å². The zero-order valence-corrected chi connectivity index (χ0v) is 25.2. The van der Waals surface area contributed by atoms with Crippen molar-refractivity contribution in [2.75, 3.05) is 20.3 Å². The molecule has 1 heterocycles. The minimum Gasteiger partial charge on any atom is -0.494 e. The van der Waals surface area contributed by atoms with E-state index in [0.29, 0.717) is 56.5 Å². The van der Waals surface area contributed by atoms with E-state index in [-0.39, 0.29) is 11.5 Å². The molecule has 3 aromatic carbocycles. The van der Waals surface area contributed by atoms with Crippen LogP contribution in [0.25, 0.3) is 22.3 Å². The van der Waals surface area contributed by atoms with Gasteiger partial charge in [0.25, 0.3) is 5.56 Å². The number of fused-ring (bicyclic) bond motifs is 1. The maximum atomic E-state index is 13.8. The van der Waals surface area contributed by atoms with Gasteiger partial charge in [-0.1, -0.05) is 37.6 Å². The molecular formula is C30H31BrClN3O4. The van der Waals surface area contributed by atoms with E-state index in [0.717, 1.165) is 22.4 Å². The SMILES string of the molecule is CCOc1cc(C)c(-c2nc3ccccc3c(=O)n2N=Cc2cc(OCC)c(OC)c(Cl)c2Br)cc1C(C)C. The summed E-state index contributed by atoms with van der Waals surface area (Å²) in [7, 11) is 1.53. The monoisotopic (exact) mass is 611 g/mol. The third kappa shape index (κ3) is 5.68. The third-order valence-corrected chi connectivity index (χ3v) is 7.69. The lowest BCUT2D eigenvalue weighted by Gasteiger charge is -2.18. The van der Waals surface area contributed by atoms with Gasteiger partial charge in [0.05, 0.1) is 37.4 Å². The maximum Gasteiger partial charge on any atom is 0.282 e. The van der Waals surface area contributed by atoms with Gasteiger partial charge >= 0.3 is 0 Å². The average Bonchev–Trinajstić information content (AvgIpc) is 2.91. The first-order valence-electron chi connectivity index (χ1n) is 12.7. The normalized spacial score (nSPS) is 11.5. The molecule has 0 atom stereocenters. The highest BCUT2D eigenvalue weighted by Crippen LogP contribution is 2.42. The van der Waals surface area contributed by atoms with Gasteiger partial charge in [-0.25, -0.2) is 4.98 Å². The Hall–Kier alpha value is -3.36. The van der Waals surface area contributed by atoms with Crippen molar-refractivity contribution in [3.05, 3.63) is 79.0 Å². The molecule has 39 heavy (non-hydrogen) atoms. The Balaban J connectivity index is 1.98. The lowest BCUT2D eigenvalue weighted by molar-refractivity contribution is 0.311. The van der Waals surface area contributed by atoms with E-state index in [1.54, 1.807) is 18.3 Å². The van der Waals surface area contributed by atoms with E-state index >= 15 is 0 Å². The highest BCUT2D eigenvalue weighted by Gasteiger charge is 2.20. The van der Waals surface area contributed by atoms with Crippen LogP contribution in [0.4, 0.5) is 0 Å². The molecule has 0 bridgehead atoms. The van der Waals surface area contributed by atoms with Crippen LogP contribution in [0.1, 0.15) is 50.3 Å². The van der Waals surface area contributed by atoms with Gasteiger partial charge < -0.3 is 14.2 Å². The molecule has 0 unspecified atom stereocenters. The van der Waals surface area contributed by atoms with Crippen LogP contribution >= 0.6 is 27.5 Å². The molecular weight excluding hydrogens is 582 g/mol. The fraction of sp³-hybridized carbons (Fsp3) is 0.300. The summed E-state index contributed by atoms with van der Waals surface area (Å²) < 4.78 is 19.0. The van der Waals surface area contributed by atoms with Crippen molar-refractivity contribution in [2.45, 2.75) is 40.5 Å². The van der Waals surface area contributed by atoms with Crippen molar-refractivity contribution >= 4 is 44.6 Å². The van der Waals surface area contributed by atoms with Crippen LogP contribution < -0.4 is 19.8 Å². The lowest BCUT2D eigenvalue weighted by Crippen LogP contribution is -2.21. The Morgan fingerprint density at radius 2 is 1.79 bits per heavy atom. The summed E-state index contributed by atoms with van der Waals surface area (Å²) >= 11 is 10.1. The second-order valence-corrected chi connectivity index (χ2v) is 10.3. The molecule has 204 valence electrons. The van der Waals surface area contributed by atoms with Crippen molar-refractivity contribution < 1.29 is 14.2 Å². The molecule has 7 nitrogen and oxygen atoms in total. The van der Waals surface area contributed by atoms with E-state index in [2.05, 4.69) is 34.9 Å². The van der Waals surface area contributed by atoms with Gasteiger partial charge in [0.2, 0.25) is 0 Å². The molecule has 0 saturated heterocycles. The third-order valence-electron chi connectivity index (χ3n) is 6.25. The molecule has 1 aromatic heterocycles. The van der Waals surface area contributed by atoms with Gasteiger partial charge in [-0.05, 0) is 84.1 Å². The van der Waals surface area contributed by atoms with Crippen LogP contribution in [0.15, 0.2) is 56.8 Å². The summed E-state index contributed by atoms with van der Waals surface area (Å²) in [5.41, 5.74) is 3.66. The van der Waals surface area contributed by atoms with E-state index in [4.69, 9.17) is 30.8 Å². The Kier molecular flexibility index (Phi) is 8.97. The fourth-order valence-corrected chi connectivity index (χ4v) is 5.02. The maximum absolute atomic E-state index is 13.8. The van der Waals surface area contributed by atoms with Crippen LogP contribution in [0, 0.1) is 6.92 Å². The molecule has 0 fully saturated rings. The smallest absolute Gasteiger partial charge is 0.282 e. The zero-order valence-electron chi connectivity index (χ0n) is 22.8. The van der Waals surface area contributed by atoms with Gasteiger partial charge in [0, 0.05) is 15.6 Å². The number of nitrogens with zero attached hydrogens (tertiary/aromatic N) is 3. The lowest BCUT2D eigenvalue weighted by atomic mass is 9.96. The summed E-state index contributed by atoms with van der Waals surface area (Å²) in [6.07, 6.45) is 1.56. The predicted molar refractivity (Wildman–Crippen MR) is 161 cm³/mol. The van der Waals surface area contributed by atoms with Gasteiger partial charge in [-0.2, -0.15) is 9.78 Å². The fourth-order valence-electron chi connectivity index (χ4n) is 4.35. The average molecular weight is 613 g/mol. The quantitative estimate of drug-likeness (QED) is 0.182. The molecule has 0 aliphatic rings. The van der Waals surface area contributed by atoms with Crippen LogP contribution in [0.2, 0.25) is 5.02 Å². The minimum atomic E-state index is -0.285. The van der Waals surface area contributed by atoms with E-state index < -0.39 is 0 Å². The number of para-hydroxylation sites is 1. The summed E-state index contributed by atoms with van der Waals surface area (Å²) in [6, 6.07) is 13.1. The van der Waals surface area contributed by atoms with Crippen LogP contribution in [0.5, 0.6) is 17.2 Å². The number of ether oxygens (including phenoxy) is 3. The second-order valence-electron chi connectivity index (χ2n) is 9.16. The summed E-state index contributed by atoms with van der Waals surface area (Å²) in [5, 5.41) is 5.45. The molecule has 0 radical (unpaired) electrons. The van der Waals surface area contributed by atoms with Crippen molar-refractivity contribution in [1.82, 2.24) is 9.66 Å². The molecule has 0 spiro atoms. The van der Waals surface area contributed by atoms with E-state index in [1.807, 2.05) is 51.1 Å². The number of methoxy groups -OCH3 is 1. The molecule has 0 saturated carbocycles. The van der Waals surface area contributed by atoms with Gasteiger partial charge in [0.15, 0.2) is 17.3 Å². The molecule has 0 N–H and O–H groups in total. The Labute approximate surface area is 241 Å². The Morgan fingerprint density at radius 1 is 1.10 bits per heavy atom. The number of halogens is 2. The first-order chi connectivity index (χ1) is 18.7. The molecule has 4 aromatic rings. The standard InChI is InChI=1S/C30H31BrClN3O4/c1-7-38-24-13-18(5)22(15-21(24)17(3)4)29-34-23-12-10-9-11-20(23)30(36)35(29)33-16-19-14-25(39-8-2)28(37-6)27(32)26(19)31/h9-17H,7-8H2,1-6H3. The summed E-state index contributed by atoms with van der Waals surface area (Å²) in [6.45, 7) is 11.0. The van der Waals surface area contributed by atoms with E-state index in [1.165, 1.54) is 11.8 Å². The predicted octanol–water partition coefficient (Wildman–Crippen LogP) is 7.60. The minimum absolute atomic E-state index is 0.199. The van der Waals surface area contributed by atoms with Crippen molar-refractivity contribution in [1.29, 1.82) is 0 Å². The Bertz CT molecular complexity index is 1610. The topological polar surface area (TPSA) is 74.9 Å². The number of aryl methyl sites for hydroxylation is 1. The van der Waals surface area contributed by atoms with Crippen LogP contribution in [0.3, 0.4) is 0 Å². The largest absolute Gasteiger partial charge is 0.494 e. The van der Waals surface area contributed by atoms with Crippen LogP contribution in [-0.2, 0) is 0 Å². The highest BCUT2D eigenvalue weighted by atomic mass is 79.9. The first kappa shape index (κ1) is 28.6. The van der Waals surface area contributed by atoms with Gasteiger partial charge in [0.1, 0.15) is 10.8 Å². The molecule has 4 rings (SSSR count). The molecule has 0 aliphatic carbocycles. The molecule has 0 aliphatic heterocycles. The first-order valence-corrected chi connectivity index (χ1v) is 13.9. The second kappa shape index (κ2) is 12.2. The summed E-state index contributed by atoms with van der Waals surface area (Å²) in [4.78, 5) is 18.7. The van der Waals surface area contributed by atoms with Crippen molar-refractivity contribution in [2.24, 2.45) is 5.10 Å². The van der Waals surface area contributed by atoms with E-state index in [9.17, 15) is 4.79 Å². The molecule has 9 heteroatoms. The van der Waals surface area contributed by atoms with Gasteiger partial charge in [-0.3, -0.25) is 4.79 Å². The Morgan fingerprint density at radius 3 is 2.46 bits per heavy atom. The summed E-state index contributed by atoms with van der Waals surface area (Å²) in [5.74, 6) is 2.34. The number of hydrogen-bond donors (Lipinski definition) is 0. The number of benzene rings is 3. The number of hydrogen-bond acceptors (Lipinski definition) is 6. The van der Waals surface area contributed by atoms with Gasteiger partial charge in [-0.15, -0.1) is 0 Å². The van der Waals surface area contributed by atoms with Crippen molar-refractivity contribution in [3.8, 4) is 28.6 Å². The number of rotatable bonds is 9. The van der Waals surface area contributed by atoms with Crippen molar-refractivity contribution in [3.63, 3.8) is 0 Å².